The quantitative estimate of drug-likeness (QED) is 0.890. The number of ether oxygens (including phenoxy) is 1. The zero-order valence-electron chi connectivity index (χ0n) is 11.3. The van der Waals surface area contributed by atoms with Crippen LogP contribution < -0.4 is 10.5 Å². The van der Waals surface area contributed by atoms with Crippen LogP contribution in [0.1, 0.15) is 43.8 Å². The van der Waals surface area contributed by atoms with E-state index in [2.05, 4.69) is 5.10 Å². The zero-order chi connectivity index (χ0) is 12.7. The van der Waals surface area contributed by atoms with Gasteiger partial charge in [0.1, 0.15) is 0 Å². The smallest absolute Gasteiger partial charge is 0.161 e. The maximum Gasteiger partial charge on any atom is 0.161 e. The van der Waals surface area contributed by atoms with Crippen LogP contribution in [0.4, 0.5) is 0 Å². The number of fused-ring (bicyclic) bond motifs is 2. The molecule has 3 rings (SSSR count). The van der Waals surface area contributed by atoms with Gasteiger partial charge in [-0.15, -0.1) is 0 Å². The van der Waals surface area contributed by atoms with E-state index < -0.39 is 0 Å². The molecule has 0 aliphatic heterocycles. The molecule has 0 amide bonds. The van der Waals surface area contributed by atoms with Crippen molar-refractivity contribution in [3.8, 4) is 5.75 Å². The van der Waals surface area contributed by atoms with Crippen molar-refractivity contribution in [1.82, 2.24) is 9.78 Å². The maximum absolute atomic E-state index is 6.39. The Balaban J connectivity index is 1.71. The Labute approximate surface area is 108 Å². The van der Waals surface area contributed by atoms with E-state index in [9.17, 15) is 0 Å². The Morgan fingerprint density at radius 3 is 2.94 bits per heavy atom. The number of hydrogen-bond acceptors (Lipinski definition) is 3. The SMILES string of the molecule is COc1cnn(C)c1C(N)CC1CC2CCC1C2. The molecule has 0 spiro atoms. The summed E-state index contributed by atoms with van der Waals surface area (Å²) in [6, 6.07) is 0.0526. The summed E-state index contributed by atoms with van der Waals surface area (Å²) in [5, 5.41) is 4.24. The van der Waals surface area contributed by atoms with Crippen LogP contribution in [0.3, 0.4) is 0 Å². The summed E-state index contributed by atoms with van der Waals surface area (Å²) in [6.45, 7) is 0. The third-order valence-electron chi connectivity index (χ3n) is 4.96. The summed E-state index contributed by atoms with van der Waals surface area (Å²) in [5.41, 5.74) is 7.43. The lowest BCUT2D eigenvalue weighted by Gasteiger charge is -2.25. The van der Waals surface area contributed by atoms with Crippen molar-refractivity contribution in [2.45, 2.75) is 38.1 Å². The monoisotopic (exact) mass is 249 g/mol. The van der Waals surface area contributed by atoms with Gasteiger partial charge in [0.25, 0.3) is 0 Å². The second-order valence-electron chi connectivity index (χ2n) is 6.00. The summed E-state index contributed by atoms with van der Waals surface area (Å²) >= 11 is 0. The summed E-state index contributed by atoms with van der Waals surface area (Å²) in [6.07, 6.45) is 8.54. The average molecular weight is 249 g/mol. The lowest BCUT2D eigenvalue weighted by atomic mass is 9.84. The average Bonchev–Trinajstić information content (AvgIpc) is 3.03. The molecule has 4 atom stereocenters. The van der Waals surface area contributed by atoms with E-state index in [1.165, 1.54) is 25.7 Å². The van der Waals surface area contributed by atoms with E-state index in [-0.39, 0.29) is 6.04 Å². The lowest BCUT2D eigenvalue weighted by molar-refractivity contribution is 0.289. The van der Waals surface area contributed by atoms with Gasteiger partial charge < -0.3 is 10.5 Å². The maximum atomic E-state index is 6.39. The minimum Gasteiger partial charge on any atom is -0.493 e. The van der Waals surface area contributed by atoms with Gasteiger partial charge in [0.2, 0.25) is 0 Å². The summed E-state index contributed by atoms with van der Waals surface area (Å²) < 4.78 is 7.21. The first kappa shape index (κ1) is 12.0. The first-order valence-corrected chi connectivity index (χ1v) is 7.00. The molecule has 4 nitrogen and oxygen atoms in total. The number of aromatic nitrogens is 2. The normalized spacial score (nSPS) is 31.8. The first-order valence-electron chi connectivity index (χ1n) is 7.00. The number of nitrogens with zero attached hydrogens (tertiary/aromatic N) is 2. The van der Waals surface area contributed by atoms with Crippen molar-refractivity contribution in [3.05, 3.63) is 11.9 Å². The second-order valence-corrected chi connectivity index (χ2v) is 6.00. The van der Waals surface area contributed by atoms with E-state index >= 15 is 0 Å². The molecule has 0 aromatic carbocycles. The van der Waals surface area contributed by atoms with E-state index in [0.29, 0.717) is 0 Å². The molecular formula is C14H23N3O. The number of methoxy groups -OCH3 is 1. The molecule has 2 bridgehead atoms. The van der Waals surface area contributed by atoms with Gasteiger partial charge in [0.15, 0.2) is 5.75 Å². The van der Waals surface area contributed by atoms with Gasteiger partial charge in [-0.3, -0.25) is 4.68 Å². The van der Waals surface area contributed by atoms with Gasteiger partial charge in [-0.25, -0.2) is 0 Å². The van der Waals surface area contributed by atoms with Crippen molar-refractivity contribution in [2.24, 2.45) is 30.5 Å². The number of nitrogens with two attached hydrogens (primary N) is 1. The van der Waals surface area contributed by atoms with Gasteiger partial charge in [-0.1, -0.05) is 6.42 Å². The second kappa shape index (κ2) is 4.57. The van der Waals surface area contributed by atoms with Crippen LogP contribution in [0.2, 0.25) is 0 Å². The molecule has 18 heavy (non-hydrogen) atoms. The lowest BCUT2D eigenvalue weighted by Crippen LogP contribution is -2.22. The number of rotatable bonds is 4. The molecular weight excluding hydrogens is 226 g/mol. The Kier molecular flexibility index (Phi) is 3.06. The third kappa shape index (κ3) is 1.92. The van der Waals surface area contributed by atoms with Crippen molar-refractivity contribution in [3.63, 3.8) is 0 Å². The molecule has 100 valence electrons. The zero-order valence-corrected chi connectivity index (χ0v) is 11.3. The van der Waals surface area contributed by atoms with Crippen LogP contribution in [-0.4, -0.2) is 16.9 Å². The van der Waals surface area contributed by atoms with Gasteiger partial charge in [-0.05, 0) is 43.4 Å². The highest BCUT2D eigenvalue weighted by Gasteiger charge is 2.40. The summed E-state index contributed by atoms with van der Waals surface area (Å²) in [7, 11) is 3.63. The Morgan fingerprint density at radius 2 is 2.33 bits per heavy atom. The number of hydrogen-bond donors (Lipinski definition) is 1. The largest absolute Gasteiger partial charge is 0.493 e. The molecule has 1 heterocycles. The summed E-state index contributed by atoms with van der Waals surface area (Å²) in [5.74, 6) is 3.56. The fourth-order valence-electron chi connectivity index (χ4n) is 4.11. The van der Waals surface area contributed by atoms with Crippen molar-refractivity contribution < 1.29 is 4.74 Å². The van der Waals surface area contributed by atoms with E-state index in [1.54, 1.807) is 13.3 Å². The Bertz CT molecular complexity index is 429. The molecule has 0 saturated heterocycles. The predicted molar refractivity (Wildman–Crippen MR) is 70.2 cm³/mol. The molecule has 2 aliphatic carbocycles. The van der Waals surface area contributed by atoms with Crippen molar-refractivity contribution >= 4 is 0 Å². The highest BCUT2D eigenvalue weighted by atomic mass is 16.5. The molecule has 2 aliphatic rings. The van der Waals surface area contributed by atoms with E-state index in [1.807, 2.05) is 11.7 Å². The minimum absolute atomic E-state index is 0.0526. The van der Waals surface area contributed by atoms with Gasteiger partial charge in [-0.2, -0.15) is 5.10 Å². The van der Waals surface area contributed by atoms with Crippen LogP contribution in [0.25, 0.3) is 0 Å². The van der Waals surface area contributed by atoms with Crippen LogP contribution in [-0.2, 0) is 7.05 Å². The molecule has 4 unspecified atom stereocenters. The first-order chi connectivity index (χ1) is 8.69. The van der Waals surface area contributed by atoms with Crippen molar-refractivity contribution in [2.75, 3.05) is 7.11 Å². The van der Waals surface area contributed by atoms with Gasteiger partial charge in [0.05, 0.1) is 25.0 Å². The van der Waals surface area contributed by atoms with Gasteiger partial charge >= 0.3 is 0 Å². The molecule has 2 saturated carbocycles. The van der Waals surface area contributed by atoms with Gasteiger partial charge in [0, 0.05) is 7.05 Å². The minimum atomic E-state index is 0.0526. The van der Waals surface area contributed by atoms with E-state index in [0.717, 1.165) is 35.6 Å². The third-order valence-corrected chi connectivity index (χ3v) is 4.96. The van der Waals surface area contributed by atoms with Crippen LogP contribution in [0.15, 0.2) is 6.20 Å². The molecule has 1 aromatic heterocycles. The molecule has 4 heteroatoms. The Hall–Kier alpha value is -1.03. The highest BCUT2D eigenvalue weighted by Crippen LogP contribution is 2.50. The number of aryl methyl sites for hydroxylation is 1. The molecule has 2 fully saturated rings. The fourth-order valence-corrected chi connectivity index (χ4v) is 4.11. The van der Waals surface area contributed by atoms with Crippen LogP contribution in [0.5, 0.6) is 5.75 Å². The predicted octanol–water partition coefficient (Wildman–Crippen LogP) is 2.25. The topological polar surface area (TPSA) is 53.1 Å². The molecule has 1 aromatic rings. The Morgan fingerprint density at radius 1 is 1.50 bits per heavy atom. The fraction of sp³-hybridized carbons (Fsp3) is 0.786. The van der Waals surface area contributed by atoms with Crippen LogP contribution >= 0.6 is 0 Å². The summed E-state index contributed by atoms with van der Waals surface area (Å²) in [4.78, 5) is 0. The molecule has 0 radical (unpaired) electrons. The van der Waals surface area contributed by atoms with Crippen LogP contribution in [0, 0.1) is 17.8 Å². The highest BCUT2D eigenvalue weighted by molar-refractivity contribution is 5.28. The standard InChI is InChI=1S/C14H23N3O/c1-17-14(13(18-2)8-16-17)12(15)7-11-6-9-3-4-10(11)5-9/h8-12H,3-7,15H2,1-2H3. The van der Waals surface area contributed by atoms with Crippen molar-refractivity contribution in [1.29, 1.82) is 0 Å². The van der Waals surface area contributed by atoms with E-state index in [4.69, 9.17) is 10.5 Å². The molecule has 2 N–H and O–H groups in total.